The summed E-state index contributed by atoms with van der Waals surface area (Å²) in [4.78, 5) is 29.2. The topological polar surface area (TPSA) is 49.9 Å². The molecule has 2 aliphatic rings. The third-order valence-electron chi connectivity index (χ3n) is 5.04. The molecule has 0 N–H and O–H groups in total. The standard InChI is InChI=1S/C18H23ClN2O3/c1-24-18(23)16-12-15(20-8-2-3-9-20)7-10-21(16)17(22)13-5-4-6-14(19)11-13/h4-6,11,15-16H,2-3,7-10,12H2,1H3. The van der Waals surface area contributed by atoms with Gasteiger partial charge in [0.1, 0.15) is 6.04 Å². The summed E-state index contributed by atoms with van der Waals surface area (Å²) >= 11 is 5.99. The molecule has 0 aromatic heterocycles. The van der Waals surface area contributed by atoms with Crippen LogP contribution in [-0.4, -0.2) is 60.5 Å². The van der Waals surface area contributed by atoms with Crippen LogP contribution >= 0.6 is 11.6 Å². The second kappa shape index (κ2) is 7.53. The Morgan fingerprint density at radius 1 is 1.21 bits per heavy atom. The van der Waals surface area contributed by atoms with Gasteiger partial charge in [0.25, 0.3) is 5.91 Å². The molecule has 2 atom stereocenters. The van der Waals surface area contributed by atoms with Crippen LogP contribution in [0.3, 0.4) is 0 Å². The minimum absolute atomic E-state index is 0.159. The van der Waals surface area contributed by atoms with Crippen molar-refractivity contribution in [2.24, 2.45) is 0 Å². The van der Waals surface area contributed by atoms with Crippen molar-refractivity contribution in [2.45, 2.75) is 37.8 Å². The Hall–Kier alpha value is -1.59. The van der Waals surface area contributed by atoms with Crippen LogP contribution in [0.2, 0.25) is 5.02 Å². The van der Waals surface area contributed by atoms with Gasteiger partial charge in [-0.3, -0.25) is 4.79 Å². The average molecular weight is 351 g/mol. The molecule has 3 rings (SSSR count). The fraction of sp³-hybridized carbons (Fsp3) is 0.556. The van der Waals surface area contributed by atoms with Crippen molar-refractivity contribution >= 4 is 23.5 Å². The number of carbonyl (C=O) groups excluding carboxylic acids is 2. The largest absolute Gasteiger partial charge is 0.467 e. The molecule has 1 aromatic rings. The fourth-order valence-corrected chi connectivity index (χ4v) is 3.97. The molecule has 0 aliphatic carbocycles. The van der Waals surface area contributed by atoms with E-state index in [0.717, 1.165) is 19.5 Å². The minimum atomic E-state index is -0.527. The number of likely N-dealkylation sites (tertiary alicyclic amines) is 2. The molecule has 0 bridgehead atoms. The highest BCUT2D eigenvalue weighted by atomic mass is 35.5. The Morgan fingerprint density at radius 2 is 1.96 bits per heavy atom. The van der Waals surface area contributed by atoms with Gasteiger partial charge in [-0.15, -0.1) is 0 Å². The van der Waals surface area contributed by atoms with Crippen molar-refractivity contribution < 1.29 is 14.3 Å². The van der Waals surface area contributed by atoms with Crippen LogP contribution < -0.4 is 0 Å². The number of ether oxygens (including phenoxy) is 1. The Balaban J connectivity index is 1.78. The SMILES string of the molecule is COC(=O)C1CC(N2CCCC2)CCN1C(=O)c1cccc(Cl)c1. The van der Waals surface area contributed by atoms with Gasteiger partial charge in [0.05, 0.1) is 7.11 Å². The van der Waals surface area contributed by atoms with Crippen molar-refractivity contribution in [2.75, 3.05) is 26.7 Å². The molecule has 0 radical (unpaired) electrons. The Morgan fingerprint density at radius 3 is 2.62 bits per heavy atom. The number of hydrogen-bond acceptors (Lipinski definition) is 4. The van der Waals surface area contributed by atoms with Gasteiger partial charge in [-0.1, -0.05) is 17.7 Å². The van der Waals surface area contributed by atoms with Crippen molar-refractivity contribution in [3.8, 4) is 0 Å². The second-order valence-electron chi connectivity index (χ2n) is 6.47. The van der Waals surface area contributed by atoms with Crippen molar-refractivity contribution in [3.63, 3.8) is 0 Å². The first-order chi connectivity index (χ1) is 11.6. The van der Waals surface area contributed by atoms with E-state index in [-0.39, 0.29) is 11.9 Å². The van der Waals surface area contributed by atoms with Gasteiger partial charge in [-0.2, -0.15) is 0 Å². The predicted octanol–water partition coefficient (Wildman–Crippen LogP) is 2.58. The predicted molar refractivity (Wildman–Crippen MR) is 92.1 cm³/mol. The highest BCUT2D eigenvalue weighted by Gasteiger charge is 2.39. The molecule has 1 amide bonds. The molecule has 2 saturated heterocycles. The number of methoxy groups -OCH3 is 1. The van der Waals surface area contributed by atoms with E-state index in [1.165, 1.54) is 20.0 Å². The van der Waals surface area contributed by atoms with Crippen molar-refractivity contribution in [1.82, 2.24) is 9.80 Å². The number of nitrogens with zero attached hydrogens (tertiary/aromatic N) is 2. The summed E-state index contributed by atoms with van der Waals surface area (Å²) < 4.78 is 4.96. The number of benzene rings is 1. The number of amides is 1. The molecule has 24 heavy (non-hydrogen) atoms. The van der Waals surface area contributed by atoms with Crippen LogP contribution in [0.1, 0.15) is 36.0 Å². The molecular formula is C18H23ClN2O3. The molecule has 0 spiro atoms. The van der Waals surface area contributed by atoms with Gasteiger partial charge in [0.15, 0.2) is 0 Å². The third kappa shape index (κ3) is 3.57. The first kappa shape index (κ1) is 17.2. The van der Waals surface area contributed by atoms with Gasteiger partial charge >= 0.3 is 5.97 Å². The number of rotatable bonds is 3. The number of esters is 1. The van der Waals surface area contributed by atoms with E-state index < -0.39 is 6.04 Å². The maximum atomic E-state index is 12.9. The van der Waals surface area contributed by atoms with Gasteiger partial charge in [0.2, 0.25) is 0 Å². The zero-order valence-corrected chi connectivity index (χ0v) is 14.7. The van der Waals surface area contributed by atoms with Gasteiger partial charge < -0.3 is 14.5 Å². The smallest absolute Gasteiger partial charge is 0.328 e. The van der Waals surface area contributed by atoms with Gasteiger partial charge in [-0.25, -0.2) is 4.79 Å². The normalized spacial score (nSPS) is 24.8. The summed E-state index contributed by atoms with van der Waals surface area (Å²) in [6.45, 7) is 2.73. The lowest BCUT2D eigenvalue weighted by Gasteiger charge is -2.41. The lowest BCUT2D eigenvalue weighted by Crippen LogP contribution is -2.54. The Kier molecular flexibility index (Phi) is 5.41. The summed E-state index contributed by atoms with van der Waals surface area (Å²) in [5.74, 6) is -0.498. The summed E-state index contributed by atoms with van der Waals surface area (Å²) in [7, 11) is 1.38. The van der Waals surface area contributed by atoms with E-state index >= 15 is 0 Å². The van der Waals surface area contributed by atoms with Crippen LogP contribution in [0.25, 0.3) is 0 Å². The number of halogens is 1. The van der Waals surface area contributed by atoms with Crippen LogP contribution in [0.15, 0.2) is 24.3 Å². The maximum absolute atomic E-state index is 12.9. The average Bonchev–Trinajstić information content (AvgIpc) is 3.14. The molecule has 2 heterocycles. The molecule has 6 heteroatoms. The Bertz CT molecular complexity index is 616. The summed E-state index contributed by atoms with van der Waals surface area (Å²) in [6, 6.07) is 6.68. The zero-order chi connectivity index (χ0) is 17.1. The summed E-state index contributed by atoms with van der Waals surface area (Å²) in [5.41, 5.74) is 0.510. The summed E-state index contributed by atoms with van der Waals surface area (Å²) in [6.07, 6.45) is 3.95. The van der Waals surface area contributed by atoms with E-state index in [1.54, 1.807) is 29.2 Å². The van der Waals surface area contributed by atoms with Gasteiger partial charge in [0, 0.05) is 23.2 Å². The maximum Gasteiger partial charge on any atom is 0.328 e. The molecule has 2 unspecified atom stereocenters. The Labute approximate surface area is 147 Å². The van der Waals surface area contributed by atoms with E-state index in [4.69, 9.17) is 16.3 Å². The van der Waals surface area contributed by atoms with Crippen LogP contribution in [-0.2, 0) is 9.53 Å². The number of piperidine rings is 1. The minimum Gasteiger partial charge on any atom is -0.467 e. The van der Waals surface area contributed by atoms with E-state index in [0.29, 0.717) is 29.6 Å². The summed E-state index contributed by atoms with van der Waals surface area (Å²) in [5, 5.41) is 0.516. The van der Waals surface area contributed by atoms with E-state index in [9.17, 15) is 9.59 Å². The van der Waals surface area contributed by atoms with Crippen LogP contribution in [0, 0.1) is 0 Å². The molecule has 130 valence electrons. The monoisotopic (exact) mass is 350 g/mol. The fourth-order valence-electron chi connectivity index (χ4n) is 3.78. The molecule has 0 saturated carbocycles. The quantitative estimate of drug-likeness (QED) is 0.786. The van der Waals surface area contributed by atoms with Crippen molar-refractivity contribution in [1.29, 1.82) is 0 Å². The first-order valence-electron chi connectivity index (χ1n) is 8.48. The molecule has 2 aliphatic heterocycles. The highest BCUT2D eigenvalue weighted by molar-refractivity contribution is 6.31. The molecule has 5 nitrogen and oxygen atoms in total. The lowest BCUT2D eigenvalue weighted by atomic mass is 9.95. The van der Waals surface area contributed by atoms with E-state index in [1.807, 2.05) is 0 Å². The van der Waals surface area contributed by atoms with Crippen LogP contribution in [0.4, 0.5) is 0 Å². The zero-order valence-electron chi connectivity index (χ0n) is 13.9. The molecule has 2 fully saturated rings. The van der Waals surface area contributed by atoms with Gasteiger partial charge in [-0.05, 0) is 57.0 Å². The lowest BCUT2D eigenvalue weighted by molar-refractivity contribution is -0.148. The first-order valence-corrected chi connectivity index (χ1v) is 8.86. The molecule has 1 aromatic carbocycles. The number of hydrogen-bond donors (Lipinski definition) is 0. The van der Waals surface area contributed by atoms with Crippen molar-refractivity contribution in [3.05, 3.63) is 34.9 Å². The van der Waals surface area contributed by atoms with E-state index in [2.05, 4.69) is 4.90 Å². The van der Waals surface area contributed by atoms with Crippen LogP contribution in [0.5, 0.6) is 0 Å². The highest BCUT2D eigenvalue weighted by Crippen LogP contribution is 2.27. The number of carbonyl (C=O) groups is 2. The third-order valence-corrected chi connectivity index (χ3v) is 5.27. The second-order valence-corrected chi connectivity index (χ2v) is 6.91. The molecular weight excluding hydrogens is 328 g/mol.